The van der Waals surface area contributed by atoms with E-state index in [1.54, 1.807) is 25.3 Å². The van der Waals surface area contributed by atoms with Crippen LogP contribution >= 0.6 is 0 Å². The first kappa shape index (κ1) is 16.8. The second-order valence-corrected chi connectivity index (χ2v) is 5.39. The SMILES string of the molecule is CC[C@@H](CNC(=O)[C@@H](C)OC(=O)c1ccc[nH]1)c1ccccc1. The largest absolute Gasteiger partial charge is 0.448 e. The number of benzene rings is 1. The summed E-state index contributed by atoms with van der Waals surface area (Å²) < 4.78 is 5.15. The smallest absolute Gasteiger partial charge is 0.355 e. The third-order valence-electron chi connectivity index (χ3n) is 3.76. The van der Waals surface area contributed by atoms with Crippen molar-refractivity contribution in [3.63, 3.8) is 0 Å². The van der Waals surface area contributed by atoms with Crippen LogP contribution in [-0.2, 0) is 9.53 Å². The summed E-state index contributed by atoms with van der Waals surface area (Å²) in [5.41, 5.74) is 1.52. The normalized spacial score (nSPS) is 13.1. The molecule has 0 aliphatic heterocycles. The van der Waals surface area contributed by atoms with Gasteiger partial charge >= 0.3 is 5.97 Å². The molecule has 0 unspecified atom stereocenters. The first-order chi connectivity index (χ1) is 11.1. The number of aromatic amines is 1. The fraction of sp³-hybridized carbons (Fsp3) is 0.333. The van der Waals surface area contributed by atoms with E-state index in [1.165, 1.54) is 5.56 Å². The molecule has 122 valence electrons. The second-order valence-electron chi connectivity index (χ2n) is 5.39. The lowest BCUT2D eigenvalue weighted by Gasteiger charge is -2.18. The zero-order valence-electron chi connectivity index (χ0n) is 13.4. The van der Waals surface area contributed by atoms with E-state index in [9.17, 15) is 9.59 Å². The molecule has 0 bridgehead atoms. The van der Waals surface area contributed by atoms with Crippen LogP contribution in [0.2, 0.25) is 0 Å². The number of ether oxygens (including phenoxy) is 1. The van der Waals surface area contributed by atoms with Crippen LogP contribution in [0.15, 0.2) is 48.7 Å². The van der Waals surface area contributed by atoms with Gasteiger partial charge in [-0.2, -0.15) is 0 Å². The van der Waals surface area contributed by atoms with Crippen LogP contribution < -0.4 is 5.32 Å². The molecule has 0 fully saturated rings. The van der Waals surface area contributed by atoms with E-state index in [0.29, 0.717) is 12.2 Å². The van der Waals surface area contributed by atoms with Gasteiger partial charge < -0.3 is 15.0 Å². The Morgan fingerprint density at radius 2 is 1.91 bits per heavy atom. The minimum Gasteiger partial charge on any atom is -0.448 e. The highest BCUT2D eigenvalue weighted by molar-refractivity contribution is 5.90. The van der Waals surface area contributed by atoms with Gasteiger partial charge in [0.1, 0.15) is 5.69 Å². The molecule has 2 aromatic rings. The fourth-order valence-electron chi connectivity index (χ4n) is 2.33. The molecule has 2 rings (SSSR count). The number of hydrogen-bond donors (Lipinski definition) is 2. The monoisotopic (exact) mass is 314 g/mol. The number of amides is 1. The first-order valence-electron chi connectivity index (χ1n) is 7.78. The van der Waals surface area contributed by atoms with Gasteiger partial charge in [0.05, 0.1) is 0 Å². The number of nitrogens with one attached hydrogen (secondary N) is 2. The Hall–Kier alpha value is -2.56. The van der Waals surface area contributed by atoms with Gasteiger partial charge in [-0.15, -0.1) is 0 Å². The number of rotatable bonds is 7. The van der Waals surface area contributed by atoms with Crippen LogP contribution in [0, 0.1) is 0 Å². The minimum atomic E-state index is -0.834. The summed E-state index contributed by atoms with van der Waals surface area (Å²) in [6, 6.07) is 13.4. The molecule has 0 aliphatic carbocycles. The van der Waals surface area contributed by atoms with Crippen molar-refractivity contribution in [2.75, 3.05) is 6.54 Å². The summed E-state index contributed by atoms with van der Waals surface area (Å²) in [5.74, 6) is -0.585. The molecule has 1 heterocycles. The summed E-state index contributed by atoms with van der Waals surface area (Å²) in [7, 11) is 0. The highest BCUT2D eigenvalue weighted by Gasteiger charge is 2.20. The lowest BCUT2D eigenvalue weighted by molar-refractivity contribution is -0.129. The average Bonchev–Trinajstić information content (AvgIpc) is 3.10. The third kappa shape index (κ3) is 4.71. The minimum absolute atomic E-state index is 0.242. The van der Waals surface area contributed by atoms with Crippen molar-refractivity contribution in [3.8, 4) is 0 Å². The number of carbonyl (C=O) groups excluding carboxylic acids is 2. The maximum atomic E-state index is 12.1. The predicted octanol–water partition coefficient (Wildman–Crippen LogP) is 2.87. The topological polar surface area (TPSA) is 71.2 Å². The van der Waals surface area contributed by atoms with Gasteiger partial charge in [-0.05, 0) is 31.0 Å². The molecule has 23 heavy (non-hydrogen) atoms. The summed E-state index contributed by atoms with van der Waals surface area (Å²) >= 11 is 0. The summed E-state index contributed by atoms with van der Waals surface area (Å²) in [6.07, 6.45) is 1.72. The quantitative estimate of drug-likeness (QED) is 0.772. The van der Waals surface area contributed by atoms with E-state index in [1.807, 2.05) is 18.2 Å². The molecule has 2 N–H and O–H groups in total. The zero-order chi connectivity index (χ0) is 16.7. The number of H-pyrrole nitrogens is 1. The second kappa shape index (κ2) is 8.17. The molecule has 1 amide bonds. The molecule has 5 nitrogen and oxygen atoms in total. The van der Waals surface area contributed by atoms with Crippen molar-refractivity contribution >= 4 is 11.9 Å². The van der Waals surface area contributed by atoms with Gasteiger partial charge in [0.2, 0.25) is 0 Å². The van der Waals surface area contributed by atoms with Gasteiger partial charge in [-0.3, -0.25) is 4.79 Å². The van der Waals surface area contributed by atoms with Gasteiger partial charge in [0, 0.05) is 18.7 Å². The zero-order valence-corrected chi connectivity index (χ0v) is 13.4. The van der Waals surface area contributed by atoms with Crippen molar-refractivity contribution in [2.24, 2.45) is 0 Å². The van der Waals surface area contributed by atoms with Crippen LogP contribution in [0.25, 0.3) is 0 Å². The highest BCUT2D eigenvalue weighted by atomic mass is 16.5. The molecule has 0 saturated heterocycles. The summed E-state index contributed by atoms with van der Waals surface area (Å²) in [6.45, 7) is 4.17. The molecule has 0 spiro atoms. The van der Waals surface area contributed by atoms with E-state index in [-0.39, 0.29) is 11.8 Å². The maximum absolute atomic E-state index is 12.1. The summed E-state index contributed by atoms with van der Waals surface area (Å²) in [4.78, 5) is 26.7. The predicted molar refractivity (Wildman–Crippen MR) is 88.2 cm³/mol. The lowest BCUT2D eigenvalue weighted by Crippen LogP contribution is -2.38. The van der Waals surface area contributed by atoms with Gasteiger partial charge in [0.25, 0.3) is 5.91 Å². The Bertz CT molecular complexity index is 623. The van der Waals surface area contributed by atoms with Crippen LogP contribution in [0.5, 0.6) is 0 Å². The Morgan fingerprint density at radius 3 is 2.52 bits per heavy atom. The lowest BCUT2D eigenvalue weighted by atomic mass is 9.96. The Labute approximate surface area is 136 Å². The van der Waals surface area contributed by atoms with Gasteiger partial charge in [0.15, 0.2) is 6.10 Å². The van der Waals surface area contributed by atoms with Gasteiger partial charge in [-0.25, -0.2) is 4.79 Å². The van der Waals surface area contributed by atoms with Crippen molar-refractivity contribution in [3.05, 3.63) is 59.9 Å². The highest BCUT2D eigenvalue weighted by Crippen LogP contribution is 2.18. The van der Waals surface area contributed by atoms with Crippen LogP contribution in [0.1, 0.15) is 42.2 Å². The molecule has 0 saturated carbocycles. The van der Waals surface area contributed by atoms with Crippen LogP contribution in [0.3, 0.4) is 0 Å². The number of esters is 1. The molecule has 0 radical (unpaired) electrons. The Balaban J connectivity index is 1.84. The van der Waals surface area contributed by atoms with Crippen molar-refractivity contribution in [1.82, 2.24) is 10.3 Å². The van der Waals surface area contributed by atoms with Crippen molar-refractivity contribution in [1.29, 1.82) is 0 Å². The number of aromatic nitrogens is 1. The molecule has 5 heteroatoms. The first-order valence-corrected chi connectivity index (χ1v) is 7.78. The van der Waals surface area contributed by atoms with Crippen molar-refractivity contribution < 1.29 is 14.3 Å². The molecule has 1 aromatic heterocycles. The van der Waals surface area contributed by atoms with E-state index in [0.717, 1.165) is 6.42 Å². The Morgan fingerprint density at radius 1 is 1.17 bits per heavy atom. The summed E-state index contributed by atoms with van der Waals surface area (Å²) in [5, 5.41) is 2.86. The number of hydrogen-bond acceptors (Lipinski definition) is 3. The van der Waals surface area contributed by atoms with Crippen LogP contribution in [0.4, 0.5) is 0 Å². The molecule has 0 aliphatic rings. The Kier molecular flexibility index (Phi) is 5.97. The fourth-order valence-corrected chi connectivity index (χ4v) is 2.33. The van der Waals surface area contributed by atoms with E-state index >= 15 is 0 Å². The van der Waals surface area contributed by atoms with Crippen molar-refractivity contribution in [2.45, 2.75) is 32.3 Å². The molecule has 1 aromatic carbocycles. The number of carbonyl (C=O) groups is 2. The van der Waals surface area contributed by atoms with Crippen LogP contribution in [-0.4, -0.2) is 29.5 Å². The van der Waals surface area contributed by atoms with E-state index in [4.69, 9.17) is 4.74 Å². The molecular weight excluding hydrogens is 292 g/mol. The third-order valence-corrected chi connectivity index (χ3v) is 3.76. The van der Waals surface area contributed by atoms with E-state index < -0.39 is 12.1 Å². The van der Waals surface area contributed by atoms with E-state index in [2.05, 4.69) is 29.4 Å². The molecular formula is C18H22N2O3. The molecule has 2 atom stereocenters. The maximum Gasteiger partial charge on any atom is 0.355 e. The average molecular weight is 314 g/mol. The standard InChI is InChI=1S/C18H22N2O3/c1-3-14(15-8-5-4-6-9-15)12-20-17(21)13(2)23-18(22)16-10-7-11-19-16/h4-11,13-14,19H,3,12H2,1-2H3,(H,20,21)/t13-,14+/m1/s1. The van der Waals surface area contributed by atoms with Gasteiger partial charge in [-0.1, -0.05) is 37.3 Å².